The quantitative estimate of drug-likeness (QED) is 0.811. The van der Waals surface area contributed by atoms with Crippen LogP contribution in [0.15, 0.2) is 6.07 Å². The Balaban J connectivity index is 2.18. The van der Waals surface area contributed by atoms with Crippen molar-refractivity contribution in [3.63, 3.8) is 0 Å². The molecule has 3 atom stereocenters. The van der Waals surface area contributed by atoms with Crippen LogP contribution in [-0.4, -0.2) is 11.1 Å². The normalized spacial score (nSPS) is 26.8. The predicted molar refractivity (Wildman–Crippen MR) is 75.0 cm³/mol. The molecule has 3 unspecified atom stereocenters. The monoisotopic (exact) mass is 258 g/mol. The Kier molecular flexibility index (Phi) is 4.09. The van der Waals surface area contributed by atoms with Crippen molar-refractivity contribution in [2.45, 2.75) is 53.1 Å². The summed E-state index contributed by atoms with van der Waals surface area (Å²) < 4.78 is 6.10. The van der Waals surface area contributed by atoms with E-state index in [4.69, 9.17) is 4.74 Å². The lowest BCUT2D eigenvalue weighted by atomic mass is 9.80. The molecule has 1 saturated carbocycles. The molecule has 1 aliphatic rings. The predicted octanol–water partition coefficient (Wildman–Crippen LogP) is 3.77. The third-order valence-electron chi connectivity index (χ3n) is 4.25. The van der Waals surface area contributed by atoms with Gasteiger partial charge >= 0.3 is 0 Å². The molecule has 0 bridgehead atoms. The smallest absolute Gasteiger partial charge is 0.141 e. The van der Waals surface area contributed by atoms with Crippen molar-refractivity contribution in [1.29, 1.82) is 5.26 Å². The number of nitriles is 1. The lowest BCUT2D eigenvalue weighted by molar-refractivity contribution is 0.100. The van der Waals surface area contributed by atoms with Crippen molar-refractivity contribution in [2.75, 3.05) is 0 Å². The van der Waals surface area contributed by atoms with E-state index in [0.29, 0.717) is 17.2 Å². The fraction of sp³-hybridized carbons (Fsp3) is 0.625. The molecule has 3 heteroatoms. The number of rotatable bonds is 2. The minimum atomic E-state index is 0.236. The molecular formula is C16H22N2O. The average molecular weight is 258 g/mol. The van der Waals surface area contributed by atoms with Crippen molar-refractivity contribution in [1.82, 2.24) is 4.98 Å². The summed E-state index contributed by atoms with van der Waals surface area (Å²) in [5.74, 6) is 2.17. The SMILES string of the molecule is Cc1cc(OC2CCC(C)C(C)C2)c(C#N)c(C)n1. The standard InChI is InChI=1S/C16H22N2O/c1-10-5-6-14(7-11(10)2)19-16-8-12(3)18-13(4)15(16)9-17/h8,10-11,14H,5-7H2,1-4H3. The van der Waals surface area contributed by atoms with Gasteiger partial charge in [0.25, 0.3) is 0 Å². The van der Waals surface area contributed by atoms with Gasteiger partial charge in [0.15, 0.2) is 0 Å². The van der Waals surface area contributed by atoms with Gasteiger partial charge in [0.2, 0.25) is 0 Å². The summed E-state index contributed by atoms with van der Waals surface area (Å²) in [7, 11) is 0. The van der Waals surface area contributed by atoms with E-state index >= 15 is 0 Å². The van der Waals surface area contributed by atoms with E-state index in [0.717, 1.165) is 30.1 Å². The molecule has 2 rings (SSSR count). The van der Waals surface area contributed by atoms with Crippen LogP contribution in [0.4, 0.5) is 0 Å². The zero-order chi connectivity index (χ0) is 14.0. The number of nitrogens with zero attached hydrogens (tertiary/aromatic N) is 2. The molecule has 0 aliphatic heterocycles. The average Bonchev–Trinajstić information content (AvgIpc) is 2.33. The number of hydrogen-bond acceptors (Lipinski definition) is 3. The van der Waals surface area contributed by atoms with Gasteiger partial charge in [0.05, 0.1) is 11.8 Å². The van der Waals surface area contributed by atoms with Gasteiger partial charge in [-0.2, -0.15) is 5.26 Å². The number of aromatic nitrogens is 1. The molecule has 1 aromatic rings. The third-order valence-corrected chi connectivity index (χ3v) is 4.25. The fourth-order valence-corrected chi connectivity index (χ4v) is 2.81. The van der Waals surface area contributed by atoms with E-state index in [-0.39, 0.29) is 6.10 Å². The second-order valence-corrected chi connectivity index (χ2v) is 5.84. The Hall–Kier alpha value is -1.56. The fourth-order valence-electron chi connectivity index (χ4n) is 2.81. The molecule has 3 nitrogen and oxygen atoms in total. The lowest BCUT2D eigenvalue weighted by Crippen LogP contribution is -2.29. The highest BCUT2D eigenvalue weighted by molar-refractivity contribution is 5.46. The molecule has 0 amide bonds. The van der Waals surface area contributed by atoms with Crippen LogP contribution in [0.5, 0.6) is 5.75 Å². The summed E-state index contributed by atoms with van der Waals surface area (Å²) >= 11 is 0. The Labute approximate surface area is 115 Å². The Morgan fingerprint density at radius 1 is 1.26 bits per heavy atom. The topological polar surface area (TPSA) is 45.9 Å². The van der Waals surface area contributed by atoms with Gasteiger partial charge in [-0.25, -0.2) is 0 Å². The van der Waals surface area contributed by atoms with E-state index in [1.807, 2.05) is 19.9 Å². The molecule has 102 valence electrons. The molecule has 0 saturated heterocycles. The largest absolute Gasteiger partial charge is 0.489 e. The van der Waals surface area contributed by atoms with Gasteiger partial charge in [0.1, 0.15) is 17.4 Å². The zero-order valence-corrected chi connectivity index (χ0v) is 12.2. The minimum Gasteiger partial charge on any atom is -0.489 e. The number of aryl methyl sites for hydroxylation is 2. The van der Waals surface area contributed by atoms with Crippen molar-refractivity contribution < 1.29 is 4.74 Å². The van der Waals surface area contributed by atoms with Crippen LogP contribution in [0.2, 0.25) is 0 Å². The van der Waals surface area contributed by atoms with E-state index < -0.39 is 0 Å². The van der Waals surface area contributed by atoms with Crippen molar-refractivity contribution in [2.24, 2.45) is 11.8 Å². The molecule has 0 radical (unpaired) electrons. The summed E-state index contributed by atoms with van der Waals surface area (Å²) in [5, 5.41) is 9.24. The van der Waals surface area contributed by atoms with Crippen molar-refractivity contribution in [3.8, 4) is 11.8 Å². The van der Waals surface area contributed by atoms with Crippen LogP contribution < -0.4 is 4.74 Å². The van der Waals surface area contributed by atoms with E-state index in [1.54, 1.807) is 0 Å². The van der Waals surface area contributed by atoms with E-state index in [9.17, 15) is 5.26 Å². The first-order valence-electron chi connectivity index (χ1n) is 7.06. The van der Waals surface area contributed by atoms with Crippen LogP contribution >= 0.6 is 0 Å². The van der Waals surface area contributed by atoms with Crippen LogP contribution in [-0.2, 0) is 0 Å². The van der Waals surface area contributed by atoms with Gasteiger partial charge in [-0.3, -0.25) is 4.98 Å². The second-order valence-electron chi connectivity index (χ2n) is 5.84. The Bertz CT molecular complexity index is 504. The molecule has 1 aliphatic carbocycles. The molecule has 1 aromatic heterocycles. The van der Waals surface area contributed by atoms with E-state index in [1.165, 1.54) is 6.42 Å². The number of pyridine rings is 1. The number of ether oxygens (including phenoxy) is 1. The maximum Gasteiger partial charge on any atom is 0.141 e. The van der Waals surface area contributed by atoms with Crippen molar-refractivity contribution in [3.05, 3.63) is 23.0 Å². The first-order chi connectivity index (χ1) is 9.01. The highest BCUT2D eigenvalue weighted by Crippen LogP contribution is 2.33. The summed E-state index contributed by atoms with van der Waals surface area (Å²) in [6.45, 7) is 8.40. The van der Waals surface area contributed by atoms with Gasteiger partial charge < -0.3 is 4.74 Å². The molecule has 1 fully saturated rings. The van der Waals surface area contributed by atoms with Crippen molar-refractivity contribution >= 4 is 0 Å². The summed E-state index contributed by atoms with van der Waals surface area (Å²) in [4.78, 5) is 4.32. The number of hydrogen-bond donors (Lipinski definition) is 0. The first-order valence-corrected chi connectivity index (χ1v) is 7.06. The van der Waals surface area contributed by atoms with Gasteiger partial charge in [0, 0.05) is 11.8 Å². The molecule has 19 heavy (non-hydrogen) atoms. The maximum absolute atomic E-state index is 9.24. The Morgan fingerprint density at radius 2 is 2.00 bits per heavy atom. The van der Waals surface area contributed by atoms with Crippen LogP contribution in [0.1, 0.15) is 50.1 Å². The molecule has 1 heterocycles. The van der Waals surface area contributed by atoms with Gasteiger partial charge in [-0.05, 0) is 44.9 Å². The lowest BCUT2D eigenvalue weighted by Gasteiger charge is -2.32. The molecular weight excluding hydrogens is 236 g/mol. The Morgan fingerprint density at radius 3 is 2.63 bits per heavy atom. The summed E-state index contributed by atoms with van der Waals surface area (Å²) in [5.41, 5.74) is 2.25. The van der Waals surface area contributed by atoms with Crippen LogP contribution in [0, 0.1) is 37.0 Å². The highest BCUT2D eigenvalue weighted by Gasteiger charge is 2.26. The molecule has 0 N–H and O–H groups in total. The third kappa shape index (κ3) is 3.07. The maximum atomic E-state index is 9.24. The van der Waals surface area contributed by atoms with Gasteiger partial charge in [-0.15, -0.1) is 0 Å². The molecule has 0 aromatic carbocycles. The van der Waals surface area contributed by atoms with Crippen LogP contribution in [0.25, 0.3) is 0 Å². The minimum absolute atomic E-state index is 0.236. The highest BCUT2D eigenvalue weighted by atomic mass is 16.5. The summed E-state index contributed by atoms with van der Waals surface area (Å²) in [6.07, 6.45) is 3.60. The van der Waals surface area contributed by atoms with Crippen LogP contribution in [0.3, 0.4) is 0 Å². The molecule has 0 spiro atoms. The zero-order valence-electron chi connectivity index (χ0n) is 12.2. The first kappa shape index (κ1) is 13.9. The second kappa shape index (κ2) is 5.61. The van der Waals surface area contributed by atoms with Gasteiger partial charge in [-0.1, -0.05) is 13.8 Å². The van der Waals surface area contributed by atoms with E-state index in [2.05, 4.69) is 24.9 Å². The summed E-state index contributed by atoms with van der Waals surface area (Å²) in [6, 6.07) is 4.10.